The minimum absolute atomic E-state index is 0.0171. The Morgan fingerprint density at radius 1 is 1.28 bits per heavy atom. The van der Waals surface area contributed by atoms with Crippen molar-refractivity contribution in [1.29, 1.82) is 0 Å². The van der Waals surface area contributed by atoms with Crippen LogP contribution in [0, 0.1) is 5.92 Å². The van der Waals surface area contributed by atoms with Crippen LogP contribution in [0.15, 0.2) is 0 Å². The molecule has 0 aliphatic carbocycles. The van der Waals surface area contributed by atoms with E-state index in [1.165, 1.54) is 16.7 Å². The summed E-state index contributed by atoms with van der Waals surface area (Å²) in [6.07, 6.45) is 0. The van der Waals surface area contributed by atoms with Crippen molar-refractivity contribution in [3.05, 3.63) is 0 Å². The van der Waals surface area contributed by atoms with Crippen molar-refractivity contribution >= 4 is 17.9 Å². The number of carboxylic acids is 1. The van der Waals surface area contributed by atoms with Gasteiger partial charge in [-0.1, -0.05) is 6.92 Å². The van der Waals surface area contributed by atoms with Crippen molar-refractivity contribution in [2.24, 2.45) is 5.92 Å². The van der Waals surface area contributed by atoms with E-state index in [4.69, 9.17) is 5.11 Å². The van der Waals surface area contributed by atoms with Gasteiger partial charge in [0.2, 0.25) is 5.91 Å². The van der Waals surface area contributed by atoms with Crippen molar-refractivity contribution in [3.8, 4) is 0 Å². The second-order valence-corrected chi connectivity index (χ2v) is 4.23. The molecule has 18 heavy (non-hydrogen) atoms. The van der Waals surface area contributed by atoms with E-state index < -0.39 is 17.9 Å². The number of hydrogen-bond acceptors (Lipinski definition) is 3. The summed E-state index contributed by atoms with van der Waals surface area (Å²) in [4.78, 5) is 36.5. The Bertz CT molecular complexity index is 317. The molecule has 0 radical (unpaired) electrons. The topological polar surface area (TPSA) is 90.0 Å². The molecule has 0 bridgehead atoms. The minimum atomic E-state index is -0.970. The summed E-state index contributed by atoms with van der Waals surface area (Å²) >= 11 is 0. The Balaban J connectivity index is 4.27. The summed E-state index contributed by atoms with van der Waals surface area (Å²) in [7, 11) is 3.22. The predicted molar refractivity (Wildman–Crippen MR) is 66.1 cm³/mol. The van der Waals surface area contributed by atoms with E-state index in [2.05, 4.69) is 5.32 Å². The molecule has 0 saturated heterocycles. The van der Waals surface area contributed by atoms with Crippen LogP contribution < -0.4 is 5.32 Å². The standard InChI is InChI=1S/C11H21N3O4/c1-5-14(7-9(15)13(3)4)11(18)12-6-8(2)10(16)17/h8H,5-7H2,1-4H3,(H,12,18)(H,16,17). The molecule has 1 atom stereocenters. The van der Waals surface area contributed by atoms with Crippen molar-refractivity contribution in [2.75, 3.05) is 33.7 Å². The number of urea groups is 1. The smallest absolute Gasteiger partial charge is 0.317 e. The Hall–Kier alpha value is -1.79. The molecular formula is C11H21N3O4. The fourth-order valence-corrected chi connectivity index (χ4v) is 1.07. The number of hydrogen-bond donors (Lipinski definition) is 2. The van der Waals surface area contributed by atoms with E-state index in [1.807, 2.05) is 0 Å². The zero-order chi connectivity index (χ0) is 14.3. The minimum Gasteiger partial charge on any atom is -0.481 e. The molecule has 0 aliphatic rings. The molecule has 0 aromatic carbocycles. The second-order valence-electron chi connectivity index (χ2n) is 4.23. The fourth-order valence-electron chi connectivity index (χ4n) is 1.07. The van der Waals surface area contributed by atoms with Crippen LogP contribution in [-0.4, -0.2) is 66.5 Å². The molecule has 0 fully saturated rings. The molecule has 0 aromatic heterocycles. The number of aliphatic carboxylic acids is 1. The molecule has 7 heteroatoms. The van der Waals surface area contributed by atoms with E-state index in [-0.39, 0.29) is 19.0 Å². The van der Waals surface area contributed by atoms with Crippen LogP contribution >= 0.6 is 0 Å². The summed E-state index contributed by atoms with van der Waals surface area (Å²) in [6.45, 7) is 3.66. The molecular weight excluding hydrogens is 238 g/mol. The lowest BCUT2D eigenvalue weighted by Crippen LogP contribution is -2.46. The maximum absolute atomic E-state index is 11.7. The van der Waals surface area contributed by atoms with Crippen molar-refractivity contribution in [3.63, 3.8) is 0 Å². The highest BCUT2D eigenvalue weighted by atomic mass is 16.4. The van der Waals surface area contributed by atoms with Gasteiger partial charge in [-0.2, -0.15) is 0 Å². The van der Waals surface area contributed by atoms with E-state index in [1.54, 1.807) is 21.0 Å². The number of rotatable bonds is 6. The molecule has 0 saturated carbocycles. The Morgan fingerprint density at radius 2 is 1.83 bits per heavy atom. The predicted octanol–water partition coefficient (Wildman–Crippen LogP) is -0.173. The molecule has 0 heterocycles. The summed E-state index contributed by atoms with van der Waals surface area (Å²) in [5, 5.41) is 11.2. The van der Waals surface area contributed by atoms with Crippen LogP contribution in [0.5, 0.6) is 0 Å². The third-order valence-corrected chi connectivity index (χ3v) is 2.47. The van der Waals surface area contributed by atoms with Crippen molar-refractivity contribution in [1.82, 2.24) is 15.1 Å². The molecule has 0 aliphatic heterocycles. The van der Waals surface area contributed by atoms with E-state index >= 15 is 0 Å². The van der Waals surface area contributed by atoms with E-state index in [0.29, 0.717) is 6.54 Å². The van der Waals surface area contributed by atoms with E-state index in [0.717, 1.165) is 0 Å². The van der Waals surface area contributed by atoms with Crippen LogP contribution in [0.3, 0.4) is 0 Å². The first-order valence-corrected chi connectivity index (χ1v) is 5.75. The van der Waals surface area contributed by atoms with Gasteiger partial charge in [0.1, 0.15) is 6.54 Å². The van der Waals surface area contributed by atoms with Gasteiger partial charge in [0.25, 0.3) is 0 Å². The summed E-state index contributed by atoms with van der Waals surface area (Å²) < 4.78 is 0. The molecule has 104 valence electrons. The lowest BCUT2D eigenvalue weighted by molar-refractivity contribution is -0.140. The molecule has 7 nitrogen and oxygen atoms in total. The fraction of sp³-hybridized carbons (Fsp3) is 0.727. The third kappa shape index (κ3) is 5.51. The van der Waals surface area contributed by atoms with E-state index in [9.17, 15) is 14.4 Å². The molecule has 0 aromatic rings. The summed E-state index contributed by atoms with van der Waals surface area (Å²) in [5.41, 5.74) is 0. The summed E-state index contributed by atoms with van der Waals surface area (Å²) in [6, 6.07) is -0.430. The van der Waals surface area contributed by atoms with Gasteiger partial charge in [0.15, 0.2) is 0 Å². The van der Waals surface area contributed by atoms with Crippen LogP contribution in [-0.2, 0) is 9.59 Å². The van der Waals surface area contributed by atoms with Gasteiger partial charge in [-0.25, -0.2) is 4.79 Å². The average Bonchev–Trinajstić information content (AvgIpc) is 2.31. The van der Waals surface area contributed by atoms with Gasteiger partial charge < -0.3 is 20.2 Å². The van der Waals surface area contributed by atoms with Gasteiger partial charge >= 0.3 is 12.0 Å². The number of carbonyl (C=O) groups is 3. The number of carboxylic acid groups (broad SMARTS) is 1. The number of amides is 3. The highest BCUT2D eigenvalue weighted by molar-refractivity contribution is 5.84. The molecule has 3 amide bonds. The normalized spacial score (nSPS) is 11.6. The number of carbonyl (C=O) groups excluding carboxylic acids is 2. The van der Waals surface area contributed by atoms with Gasteiger partial charge in [0, 0.05) is 27.2 Å². The maximum Gasteiger partial charge on any atom is 0.317 e. The zero-order valence-electron chi connectivity index (χ0n) is 11.3. The Morgan fingerprint density at radius 3 is 2.22 bits per heavy atom. The first-order valence-electron chi connectivity index (χ1n) is 5.75. The first-order chi connectivity index (χ1) is 8.29. The van der Waals surface area contributed by atoms with Crippen LogP contribution in [0.1, 0.15) is 13.8 Å². The largest absolute Gasteiger partial charge is 0.481 e. The van der Waals surface area contributed by atoms with Crippen LogP contribution in [0.4, 0.5) is 4.79 Å². The van der Waals surface area contributed by atoms with Gasteiger partial charge in [-0.05, 0) is 6.92 Å². The quantitative estimate of drug-likeness (QED) is 0.693. The number of nitrogens with zero attached hydrogens (tertiary/aromatic N) is 2. The van der Waals surface area contributed by atoms with Crippen LogP contribution in [0.25, 0.3) is 0 Å². The highest BCUT2D eigenvalue weighted by Crippen LogP contribution is 1.95. The average molecular weight is 259 g/mol. The van der Waals surface area contributed by atoms with Crippen LogP contribution in [0.2, 0.25) is 0 Å². The second kappa shape index (κ2) is 7.52. The summed E-state index contributed by atoms with van der Waals surface area (Å²) in [5.74, 6) is -1.81. The molecule has 2 N–H and O–H groups in total. The van der Waals surface area contributed by atoms with Gasteiger partial charge in [-0.15, -0.1) is 0 Å². The monoisotopic (exact) mass is 259 g/mol. The number of likely N-dealkylation sites (N-methyl/N-ethyl adjacent to an activating group) is 2. The third-order valence-electron chi connectivity index (χ3n) is 2.47. The lowest BCUT2D eigenvalue weighted by Gasteiger charge is -2.23. The van der Waals surface area contributed by atoms with Crippen molar-refractivity contribution < 1.29 is 19.5 Å². The Labute approximate surface area is 107 Å². The molecule has 1 unspecified atom stereocenters. The molecule has 0 rings (SSSR count). The zero-order valence-corrected chi connectivity index (χ0v) is 11.3. The highest BCUT2D eigenvalue weighted by Gasteiger charge is 2.18. The first kappa shape index (κ1) is 16.2. The van der Waals surface area contributed by atoms with Crippen molar-refractivity contribution in [2.45, 2.75) is 13.8 Å². The van der Waals surface area contributed by atoms with Gasteiger partial charge in [-0.3, -0.25) is 9.59 Å². The van der Waals surface area contributed by atoms with Gasteiger partial charge in [0.05, 0.1) is 5.92 Å². The maximum atomic E-state index is 11.7. The Kier molecular flexibility index (Phi) is 6.77. The number of nitrogens with one attached hydrogen (secondary N) is 1. The molecule has 0 spiro atoms. The lowest BCUT2D eigenvalue weighted by atomic mass is 10.2. The SMILES string of the molecule is CCN(CC(=O)N(C)C)C(=O)NCC(C)C(=O)O.